The number of carbonyl (C=O) groups excluding carboxylic acids is 1. The number of urea groups is 1. The van der Waals surface area contributed by atoms with Gasteiger partial charge in [-0.3, -0.25) is 4.90 Å². The fraction of sp³-hybridized carbons (Fsp3) is 0.500. The van der Waals surface area contributed by atoms with Gasteiger partial charge < -0.3 is 10.2 Å². The van der Waals surface area contributed by atoms with Gasteiger partial charge in [0, 0.05) is 25.8 Å². The lowest BCUT2D eigenvalue weighted by atomic mass is 10.1. The topological polar surface area (TPSA) is 35.6 Å². The Morgan fingerprint density at radius 3 is 2.78 bits per heavy atom. The molecule has 2 amide bonds. The van der Waals surface area contributed by atoms with Gasteiger partial charge >= 0.3 is 6.03 Å². The molecule has 0 aliphatic carbocycles. The summed E-state index contributed by atoms with van der Waals surface area (Å²) in [4.78, 5) is 16.0. The third-order valence-electron chi connectivity index (χ3n) is 3.78. The molecule has 0 saturated carbocycles. The van der Waals surface area contributed by atoms with E-state index < -0.39 is 0 Å². The first-order chi connectivity index (χ1) is 8.56. The molecule has 1 aromatic carbocycles. The van der Waals surface area contributed by atoms with Crippen LogP contribution >= 0.6 is 0 Å². The summed E-state index contributed by atoms with van der Waals surface area (Å²) in [5.74, 6) is 0. The zero-order chi connectivity index (χ0) is 13.3. The molecule has 4 nitrogen and oxygen atoms in total. The van der Waals surface area contributed by atoms with Crippen LogP contribution in [0.3, 0.4) is 0 Å². The minimum absolute atomic E-state index is 0.0870. The summed E-state index contributed by atoms with van der Waals surface area (Å²) in [5.41, 5.74) is 3.44. The standard InChI is InChI=1S/C14H21N3O/c1-10-6-5-7-13(11(10)2)17-9-12(8-15-3)16(4)14(17)18/h5-7,12,15H,8-9H2,1-4H3. The van der Waals surface area contributed by atoms with Crippen LogP contribution in [0.2, 0.25) is 0 Å². The van der Waals surface area contributed by atoms with Crippen LogP contribution in [-0.2, 0) is 0 Å². The Hall–Kier alpha value is -1.55. The molecule has 1 aliphatic rings. The summed E-state index contributed by atoms with van der Waals surface area (Å²) in [6, 6.07) is 6.44. The Bertz CT molecular complexity index is 458. The lowest BCUT2D eigenvalue weighted by Gasteiger charge is -2.19. The van der Waals surface area contributed by atoms with Crippen LogP contribution in [0.5, 0.6) is 0 Å². The maximum Gasteiger partial charge on any atom is 0.324 e. The maximum atomic E-state index is 12.3. The Morgan fingerprint density at radius 1 is 1.39 bits per heavy atom. The van der Waals surface area contributed by atoms with E-state index in [9.17, 15) is 4.79 Å². The largest absolute Gasteiger partial charge is 0.324 e. The fourth-order valence-electron chi connectivity index (χ4n) is 2.42. The van der Waals surface area contributed by atoms with Crippen molar-refractivity contribution in [2.45, 2.75) is 19.9 Å². The third-order valence-corrected chi connectivity index (χ3v) is 3.78. The number of nitrogens with zero attached hydrogens (tertiary/aromatic N) is 2. The fourth-order valence-corrected chi connectivity index (χ4v) is 2.42. The molecule has 0 bridgehead atoms. The molecule has 98 valence electrons. The van der Waals surface area contributed by atoms with Crippen LogP contribution in [0.1, 0.15) is 11.1 Å². The molecule has 2 rings (SSSR count). The molecule has 1 atom stereocenters. The summed E-state index contributed by atoms with van der Waals surface area (Å²) < 4.78 is 0. The predicted molar refractivity (Wildman–Crippen MR) is 74.1 cm³/mol. The average Bonchev–Trinajstić information content (AvgIpc) is 2.62. The number of hydrogen-bond donors (Lipinski definition) is 1. The zero-order valence-corrected chi connectivity index (χ0v) is 11.5. The number of carbonyl (C=O) groups is 1. The van der Waals surface area contributed by atoms with Gasteiger partial charge in [0.15, 0.2) is 0 Å². The third kappa shape index (κ3) is 2.08. The molecule has 1 heterocycles. The van der Waals surface area contributed by atoms with Crippen molar-refractivity contribution in [2.75, 3.05) is 32.1 Å². The van der Waals surface area contributed by atoms with E-state index in [1.165, 1.54) is 11.1 Å². The Balaban J connectivity index is 2.29. The minimum atomic E-state index is 0.0870. The van der Waals surface area contributed by atoms with Gasteiger partial charge in [-0.15, -0.1) is 0 Å². The summed E-state index contributed by atoms with van der Waals surface area (Å²) in [5, 5.41) is 3.14. The molecule has 1 fully saturated rings. The van der Waals surface area contributed by atoms with Crippen LogP contribution in [0.15, 0.2) is 18.2 Å². The number of aryl methyl sites for hydroxylation is 1. The Labute approximate surface area is 109 Å². The van der Waals surface area contributed by atoms with E-state index in [1.54, 1.807) is 0 Å². The number of amides is 2. The Kier molecular flexibility index (Phi) is 3.57. The van der Waals surface area contributed by atoms with Crippen molar-refractivity contribution in [3.05, 3.63) is 29.3 Å². The molecule has 0 radical (unpaired) electrons. The molecule has 4 heteroatoms. The first-order valence-corrected chi connectivity index (χ1v) is 6.31. The van der Waals surface area contributed by atoms with Gasteiger partial charge in [-0.05, 0) is 38.1 Å². The lowest BCUT2D eigenvalue weighted by molar-refractivity contribution is 0.218. The van der Waals surface area contributed by atoms with Crippen molar-refractivity contribution in [1.82, 2.24) is 10.2 Å². The molecule has 18 heavy (non-hydrogen) atoms. The number of nitrogens with one attached hydrogen (secondary N) is 1. The number of likely N-dealkylation sites (N-methyl/N-ethyl adjacent to an activating group) is 2. The smallest absolute Gasteiger partial charge is 0.321 e. The summed E-state index contributed by atoms with van der Waals surface area (Å²) in [6.07, 6.45) is 0. The molecule has 1 N–H and O–H groups in total. The number of hydrogen-bond acceptors (Lipinski definition) is 2. The molecule has 1 saturated heterocycles. The van der Waals surface area contributed by atoms with Crippen LogP contribution in [0.4, 0.5) is 10.5 Å². The van der Waals surface area contributed by atoms with Gasteiger partial charge in [-0.2, -0.15) is 0 Å². The highest BCUT2D eigenvalue weighted by molar-refractivity contribution is 5.95. The van der Waals surface area contributed by atoms with Crippen LogP contribution < -0.4 is 10.2 Å². The number of rotatable bonds is 3. The molecule has 1 aliphatic heterocycles. The normalized spacial score (nSPS) is 19.8. The summed E-state index contributed by atoms with van der Waals surface area (Å²) in [7, 11) is 3.79. The van der Waals surface area contributed by atoms with Crippen molar-refractivity contribution < 1.29 is 4.79 Å². The minimum Gasteiger partial charge on any atom is -0.321 e. The second-order valence-corrected chi connectivity index (χ2v) is 4.93. The first-order valence-electron chi connectivity index (χ1n) is 6.31. The zero-order valence-electron chi connectivity index (χ0n) is 11.5. The molecular weight excluding hydrogens is 226 g/mol. The van der Waals surface area contributed by atoms with E-state index in [4.69, 9.17) is 0 Å². The highest BCUT2D eigenvalue weighted by atomic mass is 16.2. The van der Waals surface area contributed by atoms with Gasteiger partial charge in [0.2, 0.25) is 0 Å². The van der Waals surface area contributed by atoms with E-state index in [0.29, 0.717) is 0 Å². The van der Waals surface area contributed by atoms with Gasteiger partial charge in [0.05, 0.1) is 6.04 Å². The molecule has 1 unspecified atom stereocenters. The highest BCUT2D eigenvalue weighted by Gasteiger charge is 2.35. The van der Waals surface area contributed by atoms with Crippen molar-refractivity contribution in [3.8, 4) is 0 Å². The van der Waals surface area contributed by atoms with Gasteiger partial charge in [0.1, 0.15) is 0 Å². The van der Waals surface area contributed by atoms with E-state index in [2.05, 4.69) is 25.2 Å². The maximum absolute atomic E-state index is 12.3. The molecule has 0 spiro atoms. The van der Waals surface area contributed by atoms with Gasteiger partial charge in [-0.1, -0.05) is 12.1 Å². The van der Waals surface area contributed by atoms with Crippen molar-refractivity contribution >= 4 is 11.7 Å². The van der Waals surface area contributed by atoms with Crippen molar-refractivity contribution in [2.24, 2.45) is 0 Å². The van der Waals surface area contributed by atoms with E-state index >= 15 is 0 Å². The SMILES string of the molecule is CNCC1CN(c2cccc(C)c2C)C(=O)N1C. The molecule has 1 aromatic rings. The van der Waals surface area contributed by atoms with Crippen LogP contribution in [0, 0.1) is 13.8 Å². The molecular formula is C14H21N3O. The van der Waals surface area contributed by atoms with Gasteiger partial charge in [0.25, 0.3) is 0 Å². The predicted octanol–water partition coefficient (Wildman–Crippen LogP) is 1.76. The second-order valence-electron chi connectivity index (χ2n) is 4.93. The first kappa shape index (κ1) is 12.9. The summed E-state index contributed by atoms with van der Waals surface area (Å²) >= 11 is 0. The van der Waals surface area contributed by atoms with Crippen LogP contribution in [0.25, 0.3) is 0 Å². The second kappa shape index (κ2) is 4.98. The average molecular weight is 247 g/mol. The van der Waals surface area contributed by atoms with E-state index in [1.807, 2.05) is 36.0 Å². The number of benzene rings is 1. The summed E-state index contributed by atoms with van der Waals surface area (Å²) in [6.45, 7) is 5.72. The van der Waals surface area contributed by atoms with Gasteiger partial charge in [-0.25, -0.2) is 4.79 Å². The van der Waals surface area contributed by atoms with Crippen molar-refractivity contribution in [3.63, 3.8) is 0 Å². The Morgan fingerprint density at radius 2 is 2.11 bits per heavy atom. The lowest BCUT2D eigenvalue weighted by Crippen LogP contribution is -2.37. The van der Waals surface area contributed by atoms with E-state index in [0.717, 1.165) is 18.8 Å². The quantitative estimate of drug-likeness (QED) is 0.883. The van der Waals surface area contributed by atoms with Crippen molar-refractivity contribution in [1.29, 1.82) is 0 Å². The molecule has 0 aromatic heterocycles. The number of anilines is 1. The van der Waals surface area contributed by atoms with Crippen LogP contribution in [-0.4, -0.2) is 44.2 Å². The highest BCUT2D eigenvalue weighted by Crippen LogP contribution is 2.27. The van der Waals surface area contributed by atoms with E-state index in [-0.39, 0.29) is 12.1 Å². The monoisotopic (exact) mass is 247 g/mol.